The molecule has 110 valence electrons. The Morgan fingerprint density at radius 2 is 2.10 bits per heavy atom. The smallest absolute Gasteiger partial charge is 0.337 e. The van der Waals surface area contributed by atoms with E-state index in [-0.39, 0.29) is 6.54 Å². The fourth-order valence-corrected chi connectivity index (χ4v) is 2.64. The van der Waals surface area contributed by atoms with Gasteiger partial charge in [0.25, 0.3) is 5.69 Å². The van der Waals surface area contributed by atoms with E-state index in [9.17, 15) is 23.3 Å². The van der Waals surface area contributed by atoms with Crippen LogP contribution < -0.4 is 4.72 Å². The van der Waals surface area contributed by atoms with Gasteiger partial charge >= 0.3 is 5.97 Å². The highest BCUT2D eigenvalue weighted by Gasteiger charge is 2.25. The summed E-state index contributed by atoms with van der Waals surface area (Å²) in [6.45, 7) is 1.04. The van der Waals surface area contributed by atoms with E-state index >= 15 is 0 Å². The zero-order chi connectivity index (χ0) is 15.5. The number of benzene rings is 1. The Hall–Kier alpha value is -2.04. The van der Waals surface area contributed by atoms with E-state index in [0.29, 0.717) is 6.07 Å². The van der Waals surface area contributed by atoms with E-state index in [2.05, 4.69) is 0 Å². The highest BCUT2D eigenvalue weighted by Crippen LogP contribution is 2.21. The first kappa shape index (κ1) is 16.0. The summed E-state index contributed by atoms with van der Waals surface area (Å²) in [6, 6.07) is 2.40. The van der Waals surface area contributed by atoms with Crippen molar-refractivity contribution in [2.45, 2.75) is 17.9 Å². The molecular formula is C10H12N2O7S. The van der Waals surface area contributed by atoms with Gasteiger partial charge in [-0.15, -0.1) is 0 Å². The van der Waals surface area contributed by atoms with Gasteiger partial charge < -0.3 is 10.2 Å². The largest absolute Gasteiger partial charge is 0.478 e. The Kier molecular flexibility index (Phi) is 4.76. The Labute approximate surface area is 114 Å². The number of nitro groups is 1. The minimum Gasteiger partial charge on any atom is -0.478 e. The van der Waals surface area contributed by atoms with E-state index < -0.39 is 43.2 Å². The van der Waals surface area contributed by atoms with Crippen LogP contribution in [0.15, 0.2) is 23.1 Å². The summed E-state index contributed by atoms with van der Waals surface area (Å²) in [6.07, 6.45) is -0.962. The summed E-state index contributed by atoms with van der Waals surface area (Å²) >= 11 is 0. The van der Waals surface area contributed by atoms with E-state index in [1.807, 2.05) is 4.72 Å². The second-order valence-electron chi connectivity index (χ2n) is 3.94. The molecule has 0 aromatic heterocycles. The minimum atomic E-state index is -4.19. The molecule has 10 heteroatoms. The van der Waals surface area contributed by atoms with E-state index in [1.54, 1.807) is 0 Å². The fraction of sp³-hybridized carbons (Fsp3) is 0.300. The quantitative estimate of drug-likeness (QED) is 0.493. The summed E-state index contributed by atoms with van der Waals surface area (Å²) in [4.78, 5) is 20.2. The zero-order valence-corrected chi connectivity index (χ0v) is 11.1. The zero-order valence-electron chi connectivity index (χ0n) is 10.3. The number of aliphatic hydroxyl groups is 1. The van der Waals surface area contributed by atoms with Gasteiger partial charge in [-0.3, -0.25) is 10.1 Å². The molecule has 20 heavy (non-hydrogen) atoms. The molecule has 1 aromatic rings. The molecule has 0 fully saturated rings. The van der Waals surface area contributed by atoms with Crippen LogP contribution >= 0.6 is 0 Å². The maximum atomic E-state index is 11.9. The molecule has 0 unspecified atom stereocenters. The fourth-order valence-electron chi connectivity index (χ4n) is 1.34. The number of carboxylic acids is 1. The third-order valence-corrected chi connectivity index (χ3v) is 3.74. The number of nitrogens with zero attached hydrogens (tertiary/aromatic N) is 1. The number of non-ortho nitro benzene ring substituents is 1. The number of rotatable bonds is 6. The molecule has 1 aromatic carbocycles. The molecule has 9 nitrogen and oxygen atoms in total. The first-order valence-electron chi connectivity index (χ1n) is 5.34. The predicted molar refractivity (Wildman–Crippen MR) is 66.9 cm³/mol. The number of hydrogen-bond acceptors (Lipinski definition) is 6. The molecule has 0 saturated carbocycles. The number of nitro benzene ring substituents is 1. The van der Waals surface area contributed by atoms with Crippen molar-refractivity contribution in [1.29, 1.82) is 0 Å². The van der Waals surface area contributed by atoms with Crippen LogP contribution in [0.25, 0.3) is 0 Å². The molecule has 1 atom stereocenters. The molecule has 3 N–H and O–H groups in total. The normalized spacial score (nSPS) is 12.9. The van der Waals surface area contributed by atoms with Gasteiger partial charge in [-0.2, -0.15) is 0 Å². The van der Waals surface area contributed by atoms with E-state index in [1.165, 1.54) is 6.92 Å². The minimum absolute atomic E-state index is 0.307. The summed E-state index contributed by atoms with van der Waals surface area (Å²) in [5, 5.41) is 28.5. The highest BCUT2D eigenvalue weighted by atomic mass is 32.2. The third-order valence-electron chi connectivity index (χ3n) is 2.26. The molecule has 0 aliphatic rings. The van der Waals surface area contributed by atoms with E-state index in [4.69, 9.17) is 10.2 Å². The van der Waals surface area contributed by atoms with Crippen molar-refractivity contribution in [3.63, 3.8) is 0 Å². The first-order valence-corrected chi connectivity index (χ1v) is 6.83. The summed E-state index contributed by atoms with van der Waals surface area (Å²) in [7, 11) is -4.19. The predicted octanol–water partition coefficient (Wildman–Crippen LogP) is -0.0479. The van der Waals surface area contributed by atoms with Crippen molar-refractivity contribution < 1.29 is 28.3 Å². The number of aliphatic hydroxyl groups excluding tert-OH is 1. The average molecular weight is 304 g/mol. The van der Waals surface area contributed by atoms with Crippen molar-refractivity contribution in [2.75, 3.05) is 6.54 Å². The third kappa shape index (κ3) is 3.73. The van der Waals surface area contributed by atoms with Crippen LogP contribution in [0.1, 0.15) is 17.3 Å². The van der Waals surface area contributed by atoms with Gasteiger partial charge in [-0.05, 0) is 13.0 Å². The standard InChI is InChI=1S/C10H12N2O7S/c1-6(13)5-11-20(18,19)9-3-2-7(12(16)17)4-8(9)10(14)15/h2-4,6,11,13H,5H2,1H3,(H,14,15)/t6-/m0/s1. The number of nitrogens with one attached hydrogen (secondary N) is 1. The first-order chi connectivity index (χ1) is 9.15. The van der Waals surface area contributed by atoms with Crippen LogP contribution in [-0.4, -0.2) is 42.2 Å². The summed E-state index contributed by atoms with van der Waals surface area (Å²) in [5.41, 5.74) is -1.24. The molecule has 0 aliphatic heterocycles. The lowest BCUT2D eigenvalue weighted by molar-refractivity contribution is -0.384. The maximum Gasteiger partial charge on any atom is 0.337 e. The average Bonchev–Trinajstić information content (AvgIpc) is 2.35. The second kappa shape index (κ2) is 5.94. The summed E-state index contributed by atoms with van der Waals surface area (Å²) < 4.78 is 25.8. The Morgan fingerprint density at radius 3 is 2.55 bits per heavy atom. The number of sulfonamides is 1. The molecule has 0 bridgehead atoms. The SMILES string of the molecule is C[C@H](O)CNS(=O)(=O)c1ccc([N+](=O)[O-])cc1C(=O)O. The van der Waals surface area contributed by atoms with Crippen molar-refractivity contribution in [3.8, 4) is 0 Å². The lowest BCUT2D eigenvalue weighted by Gasteiger charge is -2.10. The molecule has 0 saturated heterocycles. The molecule has 0 heterocycles. The topological polar surface area (TPSA) is 147 Å². The Bertz CT molecular complexity index is 639. The molecule has 0 aliphatic carbocycles. The molecule has 0 radical (unpaired) electrons. The molecule has 0 spiro atoms. The van der Waals surface area contributed by atoms with Gasteiger partial charge in [0.05, 0.1) is 21.5 Å². The van der Waals surface area contributed by atoms with Crippen LogP contribution in [0.4, 0.5) is 5.69 Å². The van der Waals surface area contributed by atoms with Crippen molar-refractivity contribution in [1.82, 2.24) is 4.72 Å². The lowest BCUT2D eigenvalue weighted by atomic mass is 10.2. The molecular weight excluding hydrogens is 292 g/mol. The monoisotopic (exact) mass is 304 g/mol. The van der Waals surface area contributed by atoms with Crippen molar-refractivity contribution in [3.05, 3.63) is 33.9 Å². The van der Waals surface area contributed by atoms with Crippen LogP contribution in [0.5, 0.6) is 0 Å². The van der Waals surface area contributed by atoms with E-state index in [0.717, 1.165) is 12.1 Å². The van der Waals surface area contributed by atoms with Gasteiger partial charge in [0.15, 0.2) is 0 Å². The van der Waals surface area contributed by atoms with Gasteiger partial charge in [0.1, 0.15) is 0 Å². The van der Waals surface area contributed by atoms with Crippen LogP contribution in [0, 0.1) is 10.1 Å². The maximum absolute atomic E-state index is 11.9. The van der Waals surface area contributed by atoms with Gasteiger partial charge in [-0.1, -0.05) is 0 Å². The van der Waals surface area contributed by atoms with Crippen LogP contribution in [0.3, 0.4) is 0 Å². The molecule has 0 amide bonds. The second-order valence-corrected chi connectivity index (χ2v) is 5.68. The number of aromatic carboxylic acids is 1. The van der Waals surface area contributed by atoms with Crippen LogP contribution in [0.2, 0.25) is 0 Å². The summed E-state index contributed by atoms with van der Waals surface area (Å²) in [5.74, 6) is -1.61. The number of hydrogen-bond donors (Lipinski definition) is 3. The van der Waals surface area contributed by atoms with Crippen molar-refractivity contribution in [2.24, 2.45) is 0 Å². The number of carbonyl (C=O) groups is 1. The number of carboxylic acid groups (broad SMARTS) is 1. The Balaban J connectivity index is 3.30. The van der Waals surface area contributed by atoms with Gasteiger partial charge in [0, 0.05) is 18.7 Å². The lowest BCUT2D eigenvalue weighted by Crippen LogP contribution is -2.31. The van der Waals surface area contributed by atoms with Gasteiger partial charge in [-0.25, -0.2) is 17.9 Å². The Morgan fingerprint density at radius 1 is 1.50 bits per heavy atom. The highest BCUT2D eigenvalue weighted by molar-refractivity contribution is 7.89. The van der Waals surface area contributed by atoms with Crippen LogP contribution in [-0.2, 0) is 10.0 Å². The van der Waals surface area contributed by atoms with Crippen molar-refractivity contribution >= 4 is 21.7 Å². The van der Waals surface area contributed by atoms with Gasteiger partial charge in [0.2, 0.25) is 10.0 Å². The molecule has 1 rings (SSSR count).